The lowest BCUT2D eigenvalue weighted by Gasteiger charge is -2.45. The predicted octanol–water partition coefficient (Wildman–Crippen LogP) is 2.85. The van der Waals surface area contributed by atoms with Crippen LogP contribution in [0.4, 0.5) is 0 Å². The number of piperazine rings is 1. The number of likely N-dealkylation sites (N-methyl/N-ethyl adjacent to an activating group) is 1. The Morgan fingerprint density at radius 3 is 2.53 bits per heavy atom. The molecule has 0 spiro atoms. The Labute approximate surface area is 124 Å². The zero-order valence-electron chi connectivity index (χ0n) is 12.0. The van der Waals surface area contributed by atoms with Crippen LogP contribution in [0.15, 0.2) is 28.7 Å². The Hall–Kier alpha value is -0.580. The van der Waals surface area contributed by atoms with Gasteiger partial charge in [0, 0.05) is 36.2 Å². The molecule has 19 heavy (non-hydrogen) atoms. The molecule has 0 radical (unpaired) electrons. The van der Waals surface area contributed by atoms with Gasteiger partial charge in [-0.1, -0.05) is 15.9 Å². The summed E-state index contributed by atoms with van der Waals surface area (Å²) < 4.78 is 6.87. The molecule has 0 N–H and O–H groups in total. The van der Waals surface area contributed by atoms with E-state index in [1.54, 1.807) is 0 Å². The monoisotopic (exact) mass is 326 g/mol. The first-order valence-electron chi connectivity index (χ1n) is 6.79. The Morgan fingerprint density at radius 1 is 1.21 bits per heavy atom. The normalized spacial score (nSPS) is 20.4. The summed E-state index contributed by atoms with van der Waals surface area (Å²) in [5, 5.41) is 0. The van der Waals surface area contributed by atoms with Crippen molar-refractivity contribution < 1.29 is 4.74 Å². The summed E-state index contributed by atoms with van der Waals surface area (Å²) in [4.78, 5) is 4.91. The van der Waals surface area contributed by atoms with Crippen LogP contribution in [-0.4, -0.2) is 55.2 Å². The molecule has 0 atom stereocenters. The van der Waals surface area contributed by atoms with Gasteiger partial charge in [0.25, 0.3) is 0 Å². The Balaban J connectivity index is 1.76. The molecule has 0 aromatic heterocycles. The molecule has 1 aromatic carbocycles. The molecule has 1 heterocycles. The average molecular weight is 327 g/mol. The van der Waals surface area contributed by atoms with E-state index < -0.39 is 0 Å². The zero-order chi connectivity index (χ0) is 13.9. The van der Waals surface area contributed by atoms with Gasteiger partial charge >= 0.3 is 0 Å². The lowest BCUT2D eigenvalue weighted by Crippen LogP contribution is -2.58. The van der Waals surface area contributed by atoms with Gasteiger partial charge in [-0.3, -0.25) is 9.80 Å². The van der Waals surface area contributed by atoms with E-state index in [0.29, 0.717) is 0 Å². The van der Waals surface area contributed by atoms with E-state index >= 15 is 0 Å². The average Bonchev–Trinajstić information content (AvgIpc) is 2.36. The summed E-state index contributed by atoms with van der Waals surface area (Å²) in [5.41, 5.74) is 0.260. The molecule has 2 rings (SSSR count). The molecule has 0 aliphatic carbocycles. The molecule has 1 aliphatic rings. The second-order valence-corrected chi connectivity index (χ2v) is 6.73. The van der Waals surface area contributed by atoms with Gasteiger partial charge in [0.1, 0.15) is 12.4 Å². The van der Waals surface area contributed by atoms with Crippen molar-refractivity contribution in [3.8, 4) is 5.75 Å². The zero-order valence-corrected chi connectivity index (χ0v) is 13.6. The number of benzene rings is 1. The standard InChI is InChI=1S/C15H23BrN2O/c1-15(2)12-18(9-8-17(15)3)10-11-19-14-6-4-13(16)5-7-14/h4-7H,8-12H2,1-3H3. The van der Waals surface area contributed by atoms with Crippen molar-refractivity contribution in [3.63, 3.8) is 0 Å². The first-order valence-corrected chi connectivity index (χ1v) is 7.59. The minimum atomic E-state index is 0.260. The SMILES string of the molecule is CN1CCN(CCOc2ccc(Br)cc2)CC1(C)C. The van der Waals surface area contributed by atoms with Crippen LogP contribution in [0.1, 0.15) is 13.8 Å². The van der Waals surface area contributed by atoms with Gasteiger partial charge in [0.2, 0.25) is 0 Å². The van der Waals surface area contributed by atoms with Crippen LogP contribution in [0.25, 0.3) is 0 Å². The summed E-state index contributed by atoms with van der Waals surface area (Å²) >= 11 is 3.43. The second-order valence-electron chi connectivity index (χ2n) is 5.81. The third-order valence-electron chi connectivity index (χ3n) is 3.89. The van der Waals surface area contributed by atoms with Crippen LogP contribution in [0.5, 0.6) is 5.75 Å². The fourth-order valence-electron chi connectivity index (χ4n) is 2.36. The summed E-state index contributed by atoms with van der Waals surface area (Å²) in [7, 11) is 2.20. The summed E-state index contributed by atoms with van der Waals surface area (Å²) in [6.07, 6.45) is 0. The molecular formula is C15H23BrN2O. The van der Waals surface area contributed by atoms with Crippen molar-refractivity contribution in [1.82, 2.24) is 9.80 Å². The largest absolute Gasteiger partial charge is 0.492 e. The minimum Gasteiger partial charge on any atom is -0.492 e. The number of rotatable bonds is 4. The first-order chi connectivity index (χ1) is 8.97. The van der Waals surface area contributed by atoms with E-state index in [2.05, 4.69) is 46.6 Å². The second kappa shape index (κ2) is 6.25. The molecule has 1 aromatic rings. The Kier molecular flexibility index (Phi) is 4.87. The molecule has 0 unspecified atom stereocenters. The maximum atomic E-state index is 5.78. The van der Waals surface area contributed by atoms with Gasteiger partial charge in [-0.25, -0.2) is 0 Å². The van der Waals surface area contributed by atoms with E-state index in [4.69, 9.17) is 4.74 Å². The maximum absolute atomic E-state index is 5.78. The van der Waals surface area contributed by atoms with E-state index in [1.807, 2.05) is 24.3 Å². The van der Waals surface area contributed by atoms with Crippen LogP contribution >= 0.6 is 15.9 Å². The summed E-state index contributed by atoms with van der Waals surface area (Å²) in [5.74, 6) is 0.941. The van der Waals surface area contributed by atoms with Crippen molar-refractivity contribution in [3.05, 3.63) is 28.7 Å². The molecule has 4 heteroatoms. The maximum Gasteiger partial charge on any atom is 0.119 e. The molecule has 0 saturated carbocycles. The highest BCUT2D eigenvalue weighted by atomic mass is 79.9. The number of hydrogen-bond acceptors (Lipinski definition) is 3. The fourth-order valence-corrected chi connectivity index (χ4v) is 2.62. The number of nitrogens with zero attached hydrogens (tertiary/aromatic N) is 2. The molecule has 1 aliphatic heterocycles. The highest BCUT2D eigenvalue weighted by Gasteiger charge is 2.30. The van der Waals surface area contributed by atoms with Crippen molar-refractivity contribution in [1.29, 1.82) is 0 Å². The molecule has 1 fully saturated rings. The van der Waals surface area contributed by atoms with Crippen LogP contribution < -0.4 is 4.74 Å². The number of ether oxygens (including phenoxy) is 1. The first kappa shape index (κ1) is 14.8. The van der Waals surface area contributed by atoms with Crippen molar-refractivity contribution in [2.45, 2.75) is 19.4 Å². The third kappa shape index (κ3) is 4.20. The van der Waals surface area contributed by atoms with Crippen molar-refractivity contribution in [2.75, 3.05) is 39.8 Å². The summed E-state index contributed by atoms with van der Waals surface area (Å²) in [6, 6.07) is 8.01. The lowest BCUT2D eigenvalue weighted by atomic mass is 10.00. The van der Waals surface area contributed by atoms with Gasteiger partial charge in [-0.2, -0.15) is 0 Å². The third-order valence-corrected chi connectivity index (χ3v) is 4.41. The quantitative estimate of drug-likeness (QED) is 0.846. The van der Waals surface area contributed by atoms with Crippen LogP contribution in [-0.2, 0) is 0 Å². The Morgan fingerprint density at radius 2 is 1.89 bits per heavy atom. The Bertz CT molecular complexity index is 405. The molecule has 3 nitrogen and oxygen atoms in total. The van der Waals surface area contributed by atoms with E-state index in [0.717, 1.165) is 43.0 Å². The molecule has 106 valence electrons. The minimum absolute atomic E-state index is 0.260. The van der Waals surface area contributed by atoms with Gasteiger partial charge in [-0.05, 0) is 45.2 Å². The number of halogens is 1. The predicted molar refractivity (Wildman–Crippen MR) is 82.8 cm³/mol. The smallest absolute Gasteiger partial charge is 0.119 e. The molecular weight excluding hydrogens is 304 g/mol. The molecule has 0 amide bonds. The topological polar surface area (TPSA) is 15.7 Å². The lowest BCUT2D eigenvalue weighted by molar-refractivity contribution is 0.0338. The van der Waals surface area contributed by atoms with Gasteiger partial charge in [-0.15, -0.1) is 0 Å². The highest BCUT2D eigenvalue weighted by Crippen LogP contribution is 2.19. The van der Waals surface area contributed by atoms with Gasteiger partial charge in [0.05, 0.1) is 0 Å². The van der Waals surface area contributed by atoms with Gasteiger partial charge in [0.15, 0.2) is 0 Å². The van der Waals surface area contributed by atoms with E-state index in [-0.39, 0.29) is 5.54 Å². The van der Waals surface area contributed by atoms with Crippen molar-refractivity contribution in [2.24, 2.45) is 0 Å². The molecule has 0 bridgehead atoms. The van der Waals surface area contributed by atoms with Crippen LogP contribution in [0.3, 0.4) is 0 Å². The van der Waals surface area contributed by atoms with E-state index in [9.17, 15) is 0 Å². The van der Waals surface area contributed by atoms with Crippen LogP contribution in [0, 0.1) is 0 Å². The number of hydrogen-bond donors (Lipinski definition) is 0. The van der Waals surface area contributed by atoms with Crippen LogP contribution in [0.2, 0.25) is 0 Å². The fraction of sp³-hybridized carbons (Fsp3) is 0.600. The molecule has 1 saturated heterocycles. The van der Waals surface area contributed by atoms with Crippen molar-refractivity contribution >= 4 is 15.9 Å². The summed E-state index contributed by atoms with van der Waals surface area (Å²) in [6.45, 7) is 9.71. The van der Waals surface area contributed by atoms with E-state index in [1.165, 1.54) is 0 Å². The van der Waals surface area contributed by atoms with Gasteiger partial charge < -0.3 is 4.74 Å². The highest BCUT2D eigenvalue weighted by molar-refractivity contribution is 9.10.